The third-order valence-electron chi connectivity index (χ3n) is 5.04. The van der Waals surface area contributed by atoms with E-state index in [-0.39, 0.29) is 0 Å². The van der Waals surface area contributed by atoms with Crippen LogP contribution in [-0.2, 0) is 0 Å². The summed E-state index contributed by atoms with van der Waals surface area (Å²) >= 11 is 5.43. The Morgan fingerprint density at radius 3 is 2.21 bits per heavy atom. The van der Waals surface area contributed by atoms with Crippen molar-refractivity contribution in [3.8, 4) is 0 Å². The van der Waals surface area contributed by atoms with Crippen LogP contribution in [-0.4, -0.2) is 17.7 Å². The zero-order valence-electron chi connectivity index (χ0n) is 12.4. The fraction of sp³-hybridized carbons (Fsp3) is 0.938. The van der Waals surface area contributed by atoms with Crippen LogP contribution in [0.5, 0.6) is 0 Å². The van der Waals surface area contributed by atoms with Gasteiger partial charge in [0.15, 0.2) is 5.11 Å². The molecule has 0 radical (unpaired) electrons. The van der Waals surface area contributed by atoms with Gasteiger partial charge in [-0.25, -0.2) is 0 Å². The van der Waals surface area contributed by atoms with Crippen LogP contribution < -0.4 is 10.6 Å². The van der Waals surface area contributed by atoms with E-state index in [0.29, 0.717) is 6.04 Å². The molecule has 19 heavy (non-hydrogen) atoms. The Labute approximate surface area is 124 Å². The summed E-state index contributed by atoms with van der Waals surface area (Å²) in [5.41, 5.74) is 0. The van der Waals surface area contributed by atoms with Crippen LogP contribution in [0.25, 0.3) is 0 Å². The van der Waals surface area contributed by atoms with Gasteiger partial charge in [0.25, 0.3) is 0 Å². The minimum absolute atomic E-state index is 0.629. The summed E-state index contributed by atoms with van der Waals surface area (Å²) in [7, 11) is 0. The first kappa shape index (κ1) is 15.1. The van der Waals surface area contributed by atoms with Crippen molar-refractivity contribution < 1.29 is 0 Å². The lowest BCUT2D eigenvalue weighted by atomic mass is 9.81. The molecule has 0 saturated heterocycles. The van der Waals surface area contributed by atoms with Gasteiger partial charge in [-0.3, -0.25) is 0 Å². The lowest BCUT2D eigenvalue weighted by Crippen LogP contribution is -2.44. The Kier molecular flexibility index (Phi) is 6.42. The summed E-state index contributed by atoms with van der Waals surface area (Å²) in [6.45, 7) is 3.40. The quantitative estimate of drug-likeness (QED) is 0.762. The average molecular weight is 282 g/mol. The van der Waals surface area contributed by atoms with Gasteiger partial charge in [0.2, 0.25) is 0 Å². The summed E-state index contributed by atoms with van der Waals surface area (Å²) in [6.07, 6.45) is 13.7. The fourth-order valence-corrected chi connectivity index (χ4v) is 3.81. The summed E-state index contributed by atoms with van der Waals surface area (Å²) in [6, 6.07) is 0.629. The Bertz CT molecular complexity index is 266. The minimum Gasteiger partial charge on any atom is -0.362 e. The molecule has 0 atom stereocenters. The SMILES string of the molecule is CCC1CCC(CNC(=S)NC2CCCCC2)CC1. The lowest BCUT2D eigenvalue weighted by Gasteiger charge is -2.29. The molecule has 2 aliphatic rings. The van der Waals surface area contributed by atoms with E-state index in [1.54, 1.807) is 0 Å². The van der Waals surface area contributed by atoms with E-state index >= 15 is 0 Å². The van der Waals surface area contributed by atoms with E-state index in [1.165, 1.54) is 64.2 Å². The van der Waals surface area contributed by atoms with Crippen molar-refractivity contribution in [2.75, 3.05) is 6.54 Å². The molecule has 0 bridgehead atoms. The smallest absolute Gasteiger partial charge is 0.166 e. The van der Waals surface area contributed by atoms with E-state index in [9.17, 15) is 0 Å². The molecule has 3 heteroatoms. The van der Waals surface area contributed by atoms with Crippen molar-refractivity contribution in [2.45, 2.75) is 77.2 Å². The van der Waals surface area contributed by atoms with Crippen molar-refractivity contribution in [2.24, 2.45) is 11.8 Å². The second-order valence-corrected chi connectivity index (χ2v) is 6.89. The van der Waals surface area contributed by atoms with Gasteiger partial charge in [-0.15, -0.1) is 0 Å². The number of rotatable bonds is 4. The monoisotopic (exact) mass is 282 g/mol. The molecule has 0 amide bonds. The van der Waals surface area contributed by atoms with Gasteiger partial charge in [-0.1, -0.05) is 45.4 Å². The zero-order valence-corrected chi connectivity index (χ0v) is 13.2. The van der Waals surface area contributed by atoms with E-state index in [2.05, 4.69) is 17.6 Å². The lowest BCUT2D eigenvalue weighted by molar-refractivity contribution is 0.269. The molecule has 0 spiro atoms. The van der Waals surface area contributed by atoms with E-state index in [4.69, 9.17) is 12.2 Å². The molecule has 2 nitrogen and oxygen atoms in total. The molecule has 0 heterocycles. The van der Waals surface area contributed by atoms with Gasteiger partial charge in [0, 0.05) is 12.6 Å². The van der Waals surface area contributed by atoms with Crippen LogP contribution in [0.4, 0.5) is 0 Å². The van der Waals surface area contributed by atoms with Gasteiger partial charge >= 0.3 is 0 Å². The zero-order chi connectivity index (χ0) is 13.5. The number of thiocarbonyl (C=S) groups is 1. The minimum atomic E-state index is 0.629. The summed E-state index contributed by atoms with van der Waals surface area (Å²) < 4.78 is 0. The van der Waals surface area contributed by atoms with E-state index in [1.807, 2.05) is 0 Å². The summed E-state index contributed by atoms with van der Waals surface area (Å²) in [5, 5.41) is 7.84. The van der Waals surface area contributed by atoms with Gasteiger partial charge in [0.05, 0.1) is 0 Å². The third kappa shape index (κ3) is 5.29. The number of nitrogens with one attached hydrogen (secondary N) is 2. The maximum atomic E-state index is 5.43. The van der Waals surface area contributed by atoms with E-state index in [0.717, 1.165) is 23.5 Å². The molecular weight excluding hydrogens is 252 g/mol. The van der Waals surface area contributed by atoms with Crippen LogP contribution in [0.3, 0.4) is 0 Å². The predicted molar refractivity (Wildman–Crippen MR) is 86.3 cm³/mol. The van der Waals surface area contributed by atoms with Gasteiger partial charge in [-0.2, -0.15) is 0 Å². The topological polar surface area (TPSA) is 24.1 Å². The Morgan fingerprint density at radius 2 is 1.58 bits per heavy atom. The molecule has 2 rings (SSSR count). The number of hydrogen-bond acceptors (Lipinski definition) is 1. The molecule has 0 unspecified atom stereocenters. The second-order valence-electron chi connectivity index (χ2n) is 6.48. The van der Waals surface area contributed by atoms with Crippen LogP contribution in [0, 0.1) is 11.8 Å². The Balaban J connectivity index is 1.58. The highest BCUT2D eigenvalue weighted by molar-refractivity contribution is 7.80. The first-order chi connectivity index (χ1) is 9.28. The van der Waals surface area contributed by atoms with Gasteiger partial charge in [-0.05, 0) is 49.7 Å². The highest BCUT2D eigenvalue weighted by Crippen LogP contribution is 2.30. The van der Waals surface area contributed by atoms with Crippen LogP contribution in [0.2, 0.25) is 0 Å². The molecule has 2 fully saturated rings. The Morgan fingerprint density at radius 1 is 0.947 bits per heavy atom. The van der Waals surface area contributed by atoms with Gasteiger partial charge < -0.3 is 10.6 Å². The predicted octanol–water partition coefficient (Wildman–Crippen LogP) is 4.00. The van der Waals surface area contributed by atoms with Gasteiger partial charge in [0.1, 0.15) is 0 Å². The van der Waals surface area contributed by atoms with Crippen LogP contribution in [0.15, 0.2) is 0 Å². The van der Waals surface area contributed by atoms with Crippen molar-refractivity contribution in [3.63, 3.8) is 0 Å². The maximum Gasteiger partial charge on any atom is 0.166 e. The first-order valence-corrected chi connectivity index (χ1v) is 8.73. The highest BCUT2D eigenvalue weighted by atomic mass is 32.1. The molecule has 0 aromatic rings. The second kappa shape index (κ2) is 8.08. The van der Waals surface area contributed by atoms with Crippen molar-refractivity contribution in [1.29, 1.82) is 0 Å². The van der Waals surface area contributed by atoms with E-state index < -0.39 is 0 Å². The molecule has 2 N–H and O–H groups in total. The maximum absolute atomic E-state index is 5.43. The van der Waals surface area contributed by atoms with Crippen molar-refractivity contribution in [1.82, 2.24) is 10.6 Å². The number of hydrogen-bond donors (Lipinski definition) is 2. The van der Waals surface area contributed by atoms with Crippen molar-refractivity contribution >= 4 is 17.3 Å². The molecule has 2 aliphatic carbocycles. The Hall–Kier alpha value is -0.310. The summed E-state index contributed by atoms with van der Waals surface area (Å²) in [5.74, 6) is 1.83. The first-order valence-electron chi connectivity index (χ1n) is 8.32. The molecule has 110 valence electrons. The standard InChI is InChI=1S/C16H30N2S/c1-2-13-8-10-14(11-9-13)12-17-16(19)18-15-6-4-3-5-7-15/h13-15H,2-12H2,1H3,(H2,17,18,19). The highest BCUT2D eigenvalue weighted by Gasteiger charge is 2.20. The third-order valence-corrected chi connectivity index (χ3v) is 5.30. The van der Waals surface area contributed by atoms with Crippen LogP contribution in [0.1, 0.15) is 71.1 Å². The summed E-state index contributed by atoms with van der Waals surface area (Å²) in [4.78, 5) is 0. The fourth-order valence-electron chi connectivity index (χ4n) is 3.56. The molecular formula is C16H30N2S. The molecule has 0 aliphatic heterocycles. The molecule has 0 aromatic carbocycles. The largest absolute Gasteiger partial charge is 0.362 e. The van der Waals surface area contributed by atoms with Crippen LogP contribution >= 0.6 is 12.2 Å². The molecule has 0 aromatic heterocycles. The average Bonchev–Trinajstić information content (AvgIpc) is 2.47. The normalized spacial score (nSPS) is 28.9. The molecule has 2 saturated carbocycles. The van der Waals surface area contributed by atoms with Crippen molar-refractivity contribution in [3.05, 3.63) is 0 Å².